The van der Waals surface area contributed by atoms with E-state index < -0.39 is 0 Å². The van der Waals surface area contributed by atoms with Crippen LogP contribution in [0.3, 0.4) is 0 Å². The van der Waals surface area contributed by atoms with Gasteiger partial charge in [-0.3, -0.25) is 0 Å². The van der Waals surface area contributed by atoms with E-state index in [0.29, 0.717) is 10.7 Å². The quantitative estimate of drug-likeness (QED) is 0.460. The summed E-state index contributed by atoms with van der Waals surface area (Å²) in [7, 11) is 0. The van der Waals surface area contributed by atoms with Crippen LogP contribution in [0.25, 0.3) is 0 Å². The lowest BCUT2D eigenvalue weighted by molar-refractivity contribution is 1.15. The molecule has 0 aliphatic rings. The lowest BCUT2D eigenvalue weighted by Gasteiger charge is -1.91. The molecule has 3 nitrogen and oxygen atoms in total. The largest absolute Gasteiger partial charge is 0.398 e. The molecular formula is C6H6ClN3. The highest BCUT2D eigenvalue weighted by Gasteiger charge is 1.87. The molecule has 0 heterocycles. The van der Waals surface area contributed by atoms with Gasteiger partial charge < -0.3 is 5.73 Å². The minimum atomic E-state index is 0.618. The number of para-hydroxylation sites is 1. The Balaban J connectivity index is 0.000000371. The summed E-state index contributed by atoms with van der Waals surface area (Å²) < 4.78 is 0. The normalized spacial score (nSPS) is 7.50. The summed E-state index contributed by atoms with van der Waals surface area (Å²) in [5.74, 6) is 0. The van der Waals surface area contributed by atoms with Gasteiger partial charge in [-0.05, 0) is 12.1 Å². The lowest BCUT2D eigenvalue weighted by atomic mass is 10.3. The number of nitrogens with zero attached hydrogens (tertiary/aromatic N) is 2. The van der Waals surface area contributed by atoms with Gasteiger partial charge in [-0.1, -0.05) is 23.7 Å². The van der Waals surface area contributed by atoms with Crippen LogP contribution in [0.5, 0.6) is 0 Å². The van der Waals surface area contributed by atoms with E-state index in [2.05, 4.69) is 0 Å². The number of halogens is 1. The number of hydrogen-bond acceptors (Lipinski definition) is 3. The van der Waals surface area contributed by atoms with Crippen molar-refractivity contribution < 1.29 is 0 Å². The Morgan fingerprint density at radius 3 is 2.00 bits per heavy atom. The predicted molar refractivity (Wildman–Crippen MR) is 39.3 cm³/mol. The van der Waals surface area contributed by atoms with Crippen LogP contribution in [-0.2, 0) is 0 Å². The number of anilines is 1. The summed E-state index contributed by atoms with van der Waals surface area (Å²) in [4.78, 5) is 0. The maximum atomic E-state index is 6.00. The molecule has 0 bridgehead atoms. The van der Waals surface area contributed by atoms with Gasteiger partial charge in [-0.25, -0.2) is 0 Å². The third-order valence-electron chi connectivity index (χ3n) is 0.905. The minimum Gasteiger partial charge on any atom is -0.398 e. The fourth-order valence-electron chi connectivity index (χ4n) is 0.475. The molecule has 2 N–H and O–H groups in total. The van der Waals surface area contributed by atoms with Crippen molar-refractivity contribution in [2.24, 2.45) is 0 Å². The fourth-order valence-corrected chi connectivity index (χ4v) is 0.611. The average molecular weight is 156 g/mol. The monoisotopic (exact) mass is 155 g/mol. The van der Waals surface area contributed by atoms with Gasteiger partial charge in [0.15, 0.2) is 0 Å². The maximum Gasteiger partial charge on any atom is 0.0635 e. The van der Waals surface area contributed by atoms with E-state index in [-0.39, 0.29) is 0 Å². The molecule has 1 rings (SSSR count). The van der Waals surface area contributed by atoms with Crippen LogP contribution < -0.4 is 5.73 Å². The molecule has 0 fully saturated rings. The molecule has 1 aromatic carbocycles. The summed E-state index contributed by atoms with van der Waals surface area (Å²) in [5.41, 5.74) is 6.02. The Labute approximate surface area is 63.8 Å². The average Bonchev–Trinajstić information content (AvgIpc) is 2.00. The lowest BCUT2D eigenvalue weighted by Crippen LogP contribution is -1.82. The molecule has 0 saturated heterocycles. The third-order valence-corrected chi connectivity index (χ3v) is 1.25. The minimum absolute atomic E-state index is 0.618. The summed E-state index contributed by atoms with van der Waals surface area (Å²) in [6, 6.07) is 7.22. The van der Waals surface area contributed by atoms with E-state index in [0.717, 1.165) is 0 Å². The molecule has 4 heteroatoms. The molecule has 0 saturated carbocycles. The van der Waals surface area contributed by atoms with Crippen LogP contribution in [0, 0.1) is 10.8 Å². The van der Waals surface area contributed by atoms with E-state index >= 15 is 0 Å². The van der Waals surface area contributed by atoms with Crippen LogP contribution >= 0.6 is 11.6 Å². The van der Waals surface area contributed by atoms with Gasteiger partial charge in [-0.15, -0.1) is 0 Å². The van der Waals surface area contributed by atoms with Gasteiger partial charge in [0.1, 0.15) is 0 Å². The van der Waals surface area contributed by atoms with Gasteiger partial charge in [0.2, 0.25) is 0 Å². The number of benzene rings is 1. The zero-order chi connectivity index (χ0) is 7.98. The molecule has 0 unspecified atom stereocenters. The van der Waals surface area contributed by atoms with E-state index in [4.69, 9.17) is 28.1 Å². The number of nitrogens with two attached hydrogens (primary N) is 1. The molecule has 0 atom stereocenters. The zero-order valence-electron chi connectivity index (χ0n) is 5.16. The van der Waals surface area contributed by atoms with Crippen LogP contribution in [0.1, 0.15) is 0 Å². The van der Waals surface area contributed by atoms with Crippen LogP contribution in [-0.4, -0.2) is 0 Å². The maximum absolute atomic E-state index is 6.00. The summed E-state index contributed by atoms with van der Waals surface area (Å²) >= 11 is 5.58. The Hall–Kier alpha value is -1.27. The van der Waals surface area contributed by atoms with Crippen molar-refractivity contribution in [2.75, 3.05) is 5.73 Å². The Morgan fingerprint density at radius 2 is 1.70 bits per heavy atom. The summed E-state index contributed by atoms with van der Waals surface area (Å²) in [5, 5.41) is 12.6. The smallest absolute Gasteiger partial charge is 0.0635 e. The van der Waals surface area contributed by atoms with Gasteiger partial charge in [0.05, 0.1) is 10.7 Å². The van der Waals surface area contributed by atoms with Crippen molar-refractivity contribution in [3.8, 4) is 0 Å². The van der Waals surface area contributed by atoms with E-state index in [1.807, 2.05) is 12.1 Å². The van der Waals surface area contributed by atoms with Crippen molar-refractivity contribution in [1.82, 2.24) is 0 Å². The van der Waals surface area contributed by atoms with E-state index in [1.54, 1.807) is 12.1 Å². The van der Waals surface area contributed by atoms with Crippen molar-refractivity contribution in [3.05, 3.63) is 29.3 Å². The number of hydrogen-bond donors (Lipinski definition) is 1. The third kappa shape index (κ3) is 2.33. The highest BCUT2D eigenvalue weighted by Crippen LogP contribution is 2.15. The molecule has 0 radical (unpaired) electrons. The fraction of sp³-hybridized carbons (Fsp3) is 0. The van der Waals surface area contributed by atoms with Gasteiger partial charge in [-0.2, -0.15) is 0 Å². The molecule has 0 aliphatic carbocycles. The van der Waals surface area contributed by atoms with Gasteiger partial charge in [0, 0.05) is 10.8 Å². The highest BCUT2D eigenvalue weighted by molar-refractivity contribution is 6.33. The van der Waals surface area contributed by atoms with Crippen molar-refractivity contribution in [3.63, 3.8) is 0 Å². The second-order valence-corrected chi connectivity index (χ2v) is 1.93. The first kappa shape index (κ1) is 8.73. The van der Waals surface area contributed by atoms with Crippen LogP contribution in [0.15, 0.2) is 24.3 Å². The molecule has 0 aromatic heterocycles. The second kappa shape index (κ2) is 4.59. The summed E-state index contributed by atoms with van der Waals surface area (Å²) in [6.45, 7) is 0. The molecule has 52 valence electrons. The Morgan fingerprint density at radius 1 is 1.20 bits per heavy atom. The SMILES string of the molecule is N#N.Nc1ccccc1Cl. The standard InChI is InChI=1S/C6H6ClN.N2/c7-5-3-1-2-4-6(5)8;1-2/h1-4H,8H2;. The van der Waals surface area contributed by atoms with Gasteiger partial charge in [0.25, 0.3) is 0 Å². The first-order valence-electron chi connectivity index (χ1n) is 2.51. The number of rotatable bonds is 0. The van der Waals surface area contributed by atoms with Crippen molar-refractivity contribution >= 4 is 17.3 Å². The molecule has 1 aromatic rings. The Kier molecular flexibility index (Phi) is 4.01. The first-order chi connectivity index (χ1) is 4.80. The molecule has 10 heavy (non-hydrogen) atoms. The molecule has 0 aliphatic heterocycles. The van der Waals surface area contributed by atoms with E-state index in [9.17, 15) is 0 Å². The second-order valence-electron chi connectivity index (χ2n) is 1.52. The first-order valence-corrected chi connectivity index (χ1v) is 2.88. The van der Waals surface area contributed by atoms with Gasteiger partial charge >= 0.3 is 0 Å². The predicted octanol–water partition coefficient (Wildman–Crippen LogP) is 1.95. The number of nitrogen functional groups attached to an aromatic ring is 1. The molecular weight excluding hydrogens is 150 g/mol. The zero-order valence-corrected chi connectivity index (χ0v) is 5.92. The molecule has 0 spiro atoms. The van der Waals surface area contributed by atoms with E-state index in [1.165, 1.54) is 0 Å². The van der Waals surface area contributed by atoms with Crippen molar-refractivity contribution in [1.29, 1.82) is 10.8 Å². The highest BCUT2D eigenvalue weighted by atomic mass is 35.5. The van der Waals surface area contributed by atoms with Crippen LogP contribution in [0.2, 0.25) is 5.02 Å². The van der Waals surface area contributed by atoms with Crippen molar-refractivity contribution in [2.45, 2.75) is 0 Å². The topological polar surface area (TPSA) is 73.6 Å². The molecule has 0 amide bonds. The summed E-state index contributed by atoms with van der Waals surface area (Å²) in [6.07, 6.45) is 0. The Bertz CT molecular complexity index is 200. The van der Waals surface area contributed by atoms with Crippen LogP contribution in [0.4, 0.5) is 5.69 Å².